The van der Waals surface area contributed by atoms with Gasteiger partial charge in [0.25, 0.3) is 0 Å². The van der Waals surface area contributed by atoms with E-state index >= 15 is 0 Å². The van der Waals surface area contributed by atoms with Crippen molar-refractivity contribution in [2.75, 3.05) is 0 Å². The van der Waals surface area contributed by atoms with Gasteiger partial charge in [0.1, 0.15) is 0 Å². The molecule has 0 saturated heterocycles. The van der Waals surface area contributed by atoms with Crippen LogP contribution in [-0.4, -0.2) is 9.13 Å². The van der Waals surface area contributed by atoms with Crippen molar-refractivity contribution >= 4 is 65.2 Å². The van der Waals surface area contributed by atoms with Crippen molar-refractivity contribution < 1.29 is 29.6 Å². The minimum absolute atomic E-state index is 0. The summed E-state index contributed by atoms with van der Waals surface area (Å²) in [5.74, 6) is 0. The average molecular weight is 1000 g/mol. The summed E-state index contributed by atoms with van der Waals surface area (Å²) in [6, 6.07) is 112. The average Bonchev–Trinajstić information content (AvgIpc) is 4.09. The summed E-state index contributed by atoms with van der Waals surface area (Å²) in [6.45, 7) is 0. The van der Waals surface area contributed by atoms with Gasteiger partial charge in [0.2, 0.25) is 0 Å². The Morgan fingerprint density at radius 1 is 0.244 bits per heavy atom. The quantitative estimate of drug-likeness (QED) is 0.0855. The molecule has 0 aliphatic rings. The normalized spacial score (nSPS) is 11.1. The van der Waals surface area contributed by atoms with Crippen LogP contribution in [0.25, 0.3) is 132 Å². The Bertz CT molecular complexity index is 4150. The van der Waals surface area contributed by atoms with E-state index in [0.717, 1.165) is 33.6 Å². The molecule has 0 aliphatic heterocycles. The molecule has 15 rings (SSSR count). The zero-order chi connectivity index (χ0) is 50.4. The molecular weight excluding hydrogens is 952 g/mol. The topological polar surface area (TPSA) is 9.86 Å². The summed E-state index contributed by atoms with van der Waals surface area (Å²) in [6.07, 6.45) is 0. The smallest absolute Gasteiger partial charge is 0.358 e. The van der Waals surface area contributed by atoms with Crippen LogP contribution in [0.3, 0.4) is 0 Å². The third-order valence-corrected chi connectivity index (χ3v) is 15.0. The summed E-state index contributed by atoms with van der Waals surface area (Å²) in [4.78, 5) is 0. The molecule has 364 valence electrons. The number of rotatable bonds is 7. The zero-order valence-corrected chi connectivity index (χ0v) is 45.5. The first-order valence-electron chi connectivity index (χ1n) is 25.9. The first kappa shape index (κ1) is 49.8. The molecular formula is C75H50N2Na-3. The van der Waals surface area contributed by atoms with Crippen LogP contribution in [0.15, 0.2) is 285 Å². The molecule has 2 aromatic heterocycles. The molecule has 13 aromatic carbocycles. The number of para-hydroxylation sites is 4. The van der Waals surface area contributed by atoms with Crippen LogP contribution in [0, 0.1) is 25.6 Å². The van der Waals surface area contributed by atoms with Crippen molar-refractivity contribution in [2.24, 2.45) is 0 Å². The van der Waals surface area contributed by atoms with E-state index in [9.17, 15) is 0 Å². The van der Waals surface area contributed by atoms with E-state index in [-0.39, 0.29) is 37.0 Å². The van der Waals surface area contributed by atoms with Gasteiger partial charge in [-0.1, -0.05) is 176 Å². The molecule has 0 spiro atoms. The molecule has 0 radical (unpaired) electrons. The van der Waals surface area contributed by atoms with Crippen molar-refractivity contribution in [1.29, 1.82) is 0 Å². The maximum atomic E-state index is 3.47. The van der Waals surface area contributed by atoms with Gasteiger partial charge in [-0.05, 0) is 97.9 Å². The molecule has 78 heavy (non-hydrogen) atoms. The molecule has 0 N–H and O–H groups in total. The molecule has 2 heterocycles. The predicted molar refractivity (Wildman–Crippen MR) is 327 cm³/mol. The van der Waals surface area contributed by atoms with E-state index < -0.39 is 0 Å². The fraction of sp³-hybridized carbons (Fsp3) is 0. The van der Waals surface area contributed by atoms with Crippen molar-refractivity contribution in [3.63, 3.8) is 0 Å². The second-order valence-electron chi connectivity index (χ2n) is 19.3. The third-order valence-electron chi connectivity index (χ3n) is 15.0. The number of fused-ring (bicyclic) bond motifs is 8. The van der Waals surface area contributed by atoms with Gasteiger partial charge >= 0.3 is 29.6 Å². The summed E-state index contributed by atoms with van der Waals surface area (Å²) in [5.41, 5.74) is 19.0. The Morgan fingerprint density at radius 2 is 0.538 bits per heavy atom. The minimum atomic E-state index is 0. The SMILES string of the molecule is [CH3-].[Na+].[c-]1ccc(-c2c3ccccc3c(-c3ccccc3)c3ccccc23)cc1.[c-]1ccc(-c2ccc(-n3c4ccccc4c4ccccc43)cc2)cc1-c1[c-]ccc(-c2ccc(-n3c4ccccc4c4ccccc43)cc2)c1. The standard InChI is InChI=1S/C48H30N2.C26H17.CH3.Na/c1-5-19-45-41(15-1)42-16-2-6-20-46(42)49(45)39-27-23-33(24-28-39)35-11-9-13-37(31-35)38-14-10-12-36(32-38)34-25-29-40(30-26-34)50-47-21-7-3-17-43(47)44-18-4-8-22-48(44)50;1-3-11-19(12-4-1)25-21-15-7-9-17-23(21)26(20-13-5-2-6-14-20)24-18-10-8-16-22(24)25;;/h1-12,15-32H;1,3-18H;1H3;/q-2;2*-1;+1. The molecule has 2 nitrogen and oxygen atoms in total. The molecule has 3 heteroatoms. The molecule has 0 unspecified atom stereocenters. The first-order chi connectivity index (χ1) is 37.7. The second-order valence-corrected chi connectivity index (χ2v) is 19.3. The zero-order valence-electron chi connectivity index (χ0n) is 43.5. The molecule has 0 aliphatic carbocycles. The van der Waals surface area contributed by atoms with E-state index in [1.165, 1.54) is 98.5 Å². The fourth-order valence-electron chi connectivity index (χ4n) is 11.5. The van der Waals surface area contributed by atoms with E-state index in [1.54, 1.807) is 0 Å². The van der Waals surface area contributed by atoms with Crippen molar-refractivity contribution in [1.82, 2.24) is 9.13 Å². The van der Waals surface area contributed by atoms with Gasteiger partial charge in [-0.2, -0.15) is 66.7 Å². The summed E-state index contributed by atoms with van der Waals surface area (Å²) < 4.78 is 4.71. The van der Waals surface area contributed by atoms with Crippen molar-refractivity contribution in [2.45, 2.75) is 0 Å². The number of aromatic nitrogens is 2. The summed E-state index contributed by atoms with van der Waals surface area (Å²) in [5, 5.41) is 10.2. The molecule has 0 bridgehead atoms. The van der Waals surface area contributed by atoms with Crippen LogP contribution >= 0.6 is 0 Å². The Hall–Kier alpha value is -9.02. The number of hydrogen-bond donors (Lipinski definition) is 0. The fourth-order valence-corrected chi connectivity index (χ4v) is 11.5. The van der Waals surface area contributed by atoms with E-state index in [1.807, 2.05) is 24.3 Å². The number of hydrogen-bond acceptors (Lipinski definition) is 0. The van der Waals surface area contributed by atoms with E-state index in [2.05, 4.69) is 288 Å². The van der Waals surface area contributed by atoms with Gasteiger partial charge in [0, 0.05) is 32.9 Å². The molecule has 0 fully saturated rings. The largest absolute Gasteiger partial charge is 1.00 e. The van der Waals surface area contributed by atoms with E-state index in [4.69, 9.17) is 0 Å². The summed E-state index contributed by atoms with van der Waals surface area (Å²) >= 11 is 0. The Balaban J connectivity index is 0.000000184. The van der Waals surface area contributed by atoms with Gasteiger partial charge in [0.15, 0.2) is 0 Å². The van der Waals surface area contributed by atoms with Crippen LogP contribution in [0.2, 0.25) is 0 Å². The van der Waals surface area contributed by atoms with E-state index in [0.29, 0.717) is 0 Å². The maximum Gasteiger partial charge on any atom is 1.00 e. The monoisotopic (exact) mass is 1000 g/mol. The van der Waals surface area contributed by atoms with Gasteiger partial charge in [-0.15, -0.1) is 28.8 Å². The van der Waals surface area contributed by atoms with Crippen molar-refractivity contribution in [3.05, 3.63) is 311 Å². The predicted octanol–water partition coefficient (Wildman–Crippen LogP) is 17.1. The molecule has 0 saturated carbocycles. The van der Waals surface area contributed by atoms with Gasteiger partial charge in [-0.3, -0.25) is 0 Å². The number of benzene rings is 13. The van der Waals surface area contributed by atoms with Crippen LogP contribution in [-0.2, 0) is 0 Å². The maximum absolute atomic E-state index is 3.47. The Labute approximate surface area is 478 Å². The first-order valence-corrected chi connectivity index (χ1v) is 25.9. The van der Waals surface area contributed by atoms with Gasteiger partial charge in [-0.25, -0.2) is 11.1 Å². The minimum Gasteiger partial charge on any atom is -0.358 e. The Morgan fingerprint density at radius 3 is 0.897 bits per heavy atom. The Kier molecular flexibility index (Phi) is 13.8. The van der Waals surface area contributed by atoms with Gasteiger partial charge < -0.3 is 16.6 Å². The van der Waals surface area contributed by atoms with Gasteiger partial charge in [0.05, 0.1) is 22.1 Å². The molecule has 0 atom stereocenters. The van der Waals surface area contributed by atoms with Crippen LogP contribution < -0.4 is 29.6 Å². The van der Waals surface area contributed by atoms with Crippen molar-refractivity contribution in [3.8, 4) is 67.0 Å². The van der Waals surface area contributed by atoms with Crippen LogP contribution in [0.4, 0.5) is 0 Å². The molecule has 0 amide bonds. The molecule has 15 aromatic rings. The van der Waals surface area contributed by atoms with Crippen LogP contribution in [0.1, 0.15) is 0 Å². The summed E-state index contributed by atoms with van der Waals surface area (Å²) in [7, 11) is 0. The third kappa shape index (κ3) is 8.90. The number of nitrogens with zero attached hydrogens (tertiary/aromatic N) is 2. The second kappa shape index (κ2) is 21.5. The van der Waals surface area contributed by atoms with Crippen LogP contribution in [0.5, 0.6) is 0 Å².